The van der Waals surface area contributed by atoms with Crippen molar-refractivity contribution in [2.75, 3.05) is 39.8 Å². The summed E-state index contributed by atoms with van der Waals surface area (Å²) in [5.74, 6) is 1.17. The number of nitrogens with zero attached hydrogens (tertiary/aromatic N) is 2. The van der Waals surface area contributed by atoms with Gasteiger partial charge < -0.3 is 15.0 Å². The van der Waals surface area contributed by atoms with Crippen LogP contribution in [0.25, 0.3) is 0 Å². The number of carbonyl (C=O) groups excluding carboxylic acids is 1. The van der Waals surface area contributed by atoms with Crippen molar-refractivity contribution in [1.82, 2.24) is 14.5 Å². The molecule has 0 unspecified atom stereocenters. The van der Waals surface area contributed by atoms with Crippen LogP contribution in [0.5, 0.6) is 5.75 Å². The van der Waals surface area contributed by atoms with E-state index in [2.05, 4.69) is 10.2 Å². The molecule has 1 aromatic rings. The van der Waals surface area contributed by atoms with E-state index in [1.807, 2.05) is 0 Å². The first-order valence-corrected chi connectivity index (χ1v) is 13.1. The van der Waals surface area contributed by atoms with E-state index in [9.17, 15) is 13.2 Å². The maximum atomic E-state index is 12.9. The predicted molar refractivity (Wildman–Crippen MR) is 119 cm³/mol. The quantitative estimate of drug-likeness (QED) is 0.722. The Morgan fingerprint density at radius 1 is 1.00 bits per heavy atom. The number of hydrogen-bond acceptors (Lipinski definition) is 5. The fourth-order valence-corrected chi connectivity index (χ4v) is 6.92. The zero-order valence-electron chi connectivity index (χ0n) is 18.5. The summed E-state index contributed by atoms with van der Waals surface area (Å²) in [6.45, 7) is 3.93. The number of nitrogens with one attached hydrogen (secondary N) is 1. The van der Waals surface area contributed by atoms with E-state index in [0.29, 0.717) is 43.6 Å². The second kappa shape index (κ2) is 9.88. The van der Waals surface area contributed by atoms with Gasteiger partial charge in [0.2, 0.25) is 15.9 Å². The molecule has 3 saturated heterocycles. The van der Waals surface area contributed by atoms with Gasteiger partial charge in [0.1, 0.15) is 5.75 Å². The van der Waals surface area contributed by atoms with Gasteiger partial charge in [-0.3, -0.25) is 4.79 Å². The molecule has 172 valence electrons. The number of sulfonamides is 1. The SMILES string of the molecule is COc1ccc(S(=O)(=O)N2CCC(C(=O)NC[C@H]3CCCN4CCCC[C@@H]34)CC2)cc1. The third-order valence-corrected chi connectivity index (χ3v) is 9.20. The molecule has 1 aromatic carbocycles. The van der Waals surface area contributed by atoms with Crippen molar-refractivity contribution in [3.05, 3.63) is 24.3 Å². The molecule has 4 rings (SSSR count). The topological polar surface area (TPSA) is 79.0 Å². The molecule has 7 nitrogen and oxygen atoms in total. The normalized spacial score (nSPS) is 26.2. The Labute approximate surface area is 186 Å². The van der Waals surface area contributed by atoms with Gasteiger partial charge in [-0.25, -0.2) is 8.42 Å². The number of carbonyl (C=O) groups is 1. The molecular formula is C23H35N3O4S. The van der Waals surface area contributed by atoms with Gasteiger partial charge in [-0.1, -0.05) is 6.42 Å². The van der Waals surface area contributed by atoms with Crippen LogP contribution in [0.15, 0.2) is 29.2 Å². The average Bonchev–Trinajstić information content (AvgIpc) is 2.82. The van der Waals surface area contributed by atoms with E-state index in [-0.39, 0.29) is 16.7 Å². The molecule has 3 aliphatic heterocycles. The molecule has 0 aliphatic carbocycles. The van der Waals surface area contributed by atoms with Gasteiger partial charge in [-0.15, -0.1) is 0 Å². The molecule has 0 spiro atoms. The number of methoxy groups -OCH3 is 1. The standard InChI is InChI=1S/C23H35N3O4S/c1-30-20-7-9-21(10-8-20)31(28,29)26-15-11-18(12-16-26)23(27)24-17-19-5-4-14-25-13-3-2-6-22(19)25/h7-10,18-19,22H,2-6,11-17H2,1H3,(H,24,27)/t19-,22+/m1/s1. The van der Waals surface area contributed by atoms with Gasteiger partial charge in [0, 0.05) is 31.6 Å². The lowest BCUT2D eigenvalue weighted by Crippen LogP contribution is -2.51. The number of amides is 1. The van der Waals surface area contributed by atoms with Crippen molar-refractivity contribution in [2.24, 2.45) is 11.8 Å². The first-order valence-electron chi connectivity index (χ1n) is 11.6. The van der Waals surface area contributed by atoms with Crippen molar-refractivity contribution in [2.45, 2.75) is 55.9 Å². The highest BCUT2D eigenvalue weighted by atomic mass is 32.2. The Kier molecular flexibility index (Phi) is 7.19. The molecule has 0 radical (unpaired) electrons. The lowest BCUT2D eigenvalue weighted by atomic mass is 9.83. The minimum absolute atomic E-state index is 0.0921. The van der Waals surface area contributed by atoms with Crippen LogP contribution in [0, 0.1) is 11.8 Å². The van der Waals surface area contributed by atoms with E-state index in [1.54, 1.807) is 31.4 Å². The number of piperidine rings is 3. The van der Waals surface area contributed by atoms with E-state index in [0.717, 1.165) is 6.54 Å². The minimum Gasteiger partial charge on any atom is -0.497 e. The maximum absolute atomic E-state index is 12.9. The number of ether oxygens (including phenoxy) is 1. The number of hydrogen-bond donors (Lipinski definition) is 1. The molecule has 0 aromatic heterocycles. The summed E-state index contributed by atoms with van der Waals surface area (Å²) in [5, 5.41) is 3.21. The molecule has 3 aliphatic rings. The number of fused-ring (bicyclic) bond motifs is 1. The summed E-state index contributed by atoms with van der Waals surface area (Å²) >= 11 is 0. The zero-order valence-corrected chi connectivity index (χ0v) is 19.3. The summed E-state index contributed by atoms with van der Waals surface area (Å²) < 4.78 is 32.4. The fraction of sp³-hybridized carbons (Fsp3) is 0.696. The lowest BCUT2D eigenvalue weighted by molar-refractivity contribution is -0.126. The lowest BCUT2D eigenvalue weighted by Gasteiger charge is -2.44. The van der Waals surface area contributed by atoms with Crippen LogP contribution in [-0.4, -0.2) is 69.4 Å². The molecular weight excluding hydrogens is 414 g/mol. The van der Waals surface area contributed by atoms with Gasteiger partial charge in [-0.2, -0.15) is 4.31 Å². The van der Waals surface area contributed by atoms with Crippen molar-refractivity contribution >= 4 is 15.9 Å². The van der Waals surface area contributed by atoms with Crippen LogP contribution in [0.2, 0.25) is 0 Å². The first kappa shape index (κ1) is 22.6. The summed E-state index contributed by atoms with van der Waals surface area (Å²) in [4.78, 5) is 15.7. The monoisotopic (exact) mass is 449 g/mol. The molecule has 3 heterocycles. The third kappa shape index (κ3) is 5.07. The molecule has 2 atom stereocenters. The summed E-state index contributed by atoms with van der Waals surface area (Å²) in [6, 6.07) is 7.09. The maximum Gasteiger partial charge on any atom is 0.243 e. The largest absolute Gasteiger partial charge is 0.497 e. The molecule has 8 heteroatoms. The zero-order chi connectivity index (χ0) is 21.8. The number of rotatable bonds is 6. The molecule has 31 heavy (non-hydrogen) atoms. The molecule has 0 bridgehead atoms. The first-order chi connectivity index (χ1) is 15.0. The third-order valence-electron chi connectivity index (χ3n) is 7.29. The van der Waals surface area contributed by atoms with E-state index in [1.165, 1.54) is 49.5 Å². The van der Waals surface area contributed by atoms with Gasteiger partial charge in [0.15, 0.2) is 0 Å². The fourth-order valence-electron chi connectivity index (χ4n) is 5.45. The van der Waals surface area contributed by atoms with Crippen LogP contribution < -0.4 is 10.1 Å². The van der Waals surface area contributed by atoms with E-state index in [4.69, 9.17) is 4.74 Å². The van der Waals surface area contributed by atoms with Gasteiger partial charge >= 0.3 is 0 Å². The van der Waals surface area contributed by atoms with Gasteiger partial charge in [0.25, 0.3) is 0 Å². The van der Waals surface area contributed by atoms with Crippen LogP contribution in [-0.2, 0) is 14.8 Å². The van der Waals surface area contributed by atoms with Crippen LogP contribution in [0.3, 0.4) is 0 Å². The van der Waals surface area contributed by atoms with Crippen molar-refractivity contribution in [1.29, 1.82) is 0 Å². The predicted octanol–water partition coefficient (Wildman–Crippen LogP) is 2.48. The average molecular weight is 450 g/mol. The molecule has 1 N–H and O–H groups in total. The summed E-state index contributed by atoms with van der Waals surface area (Å²) in [5.41, 5.74) is 0. The highest BCUT2D eigenvalue weighted by Crippen LogP contribution is 2.31. The molecule has 1 amide bonds. The second-order valence-electron chi connectivity index (χ2n) is 9.10. The van der Waals surface area contributed by atoms with Crippen molar-refractivity contribution < 1.29 is 17.9 Å². The Hall–Kier alpha value is -1.64. The molecule has 3 fully saturated rings. The second-order valence-corrected chi connectivity index (χ2v) is 11.0. The Bertz CT molecular complexity index is 848. The smallest absolute Gasteiger partial charge is 0.243 e. The minimum atomic E-state index is -3.54. The highest BCUT2D eigenvalue weighted by Gasteiger charge is 2.35. The summed E-state index contributed by atoms with van der Waals surface area (Å²) in [7, 11) is -1.98. The summed E-state index contributed by atoms with van der Waals surface area (Å²) in [6.07, 6.45) is 7.41. The van der Waals surface area contributed by atoms with Crippen molar-refractivity contribution in [3.63, 3.8) is 0 Å². The van der Waals surface area contributed by atoms with Crippen LogP contribution in [0.1, 0.15) is 44.9 Å². The Morgan fingerprint density at radius 3 is 2.42 bits per heavy atom. The Balaban J connectivity index is 1.27. The van der Waals surface area contributed by atoms with Crippen molar-refractivity contribution in [3.8, 4) is 5.75 Å². The number of benzene rings is 1. The van der Waals surface area contributed by atoms with Crippen LogP contribution >= 0.6 is 0 Å². The Morgan fingerprint density at radius 2 is 1.71 bits per heavy atom. The molecule has 0 saturated carbocycles. The van der Waals surface area contributed by atoms with E-state index < -0.39 is 10.0 Å². The highest BCUT2D eigenvalue weighted by molar-refractivity contribution is 7.89. The van der Waals surface area contributed by atoms with Gasteiger partial charge in [-0.05, 0) is 81.8 Å². The van der Waals surface area contributed by atoms with E-state index >= 15 is 0 Å². The van der Waals surface area contributed by atoms with Gasteiger partial charge in [0.05, 0.1) is 12.0 Å². The van der Waals surface area contributed by atoms with Crippen LogP contribution in [0.4, 0.5) is 0 Å².